The molecule has 0 spiro atoms. The van der Waals surface area contributed by atoms with Crippen molar-refractivity contribution in [3.8, 4) is 0 Å². The van der Waals surface area contributed by atoms with E-state index in [4.69, 9.17) is 5.11 Å². The molecule has 0 aromatic rings. The van der Waals surface area contributed by atoms with Crippen LogP contribution in [0.1, 0.15) is 59.3 Å². The number of aliphatic carboxylic acids is 1. The van der Waals surface area contributed by atoms with Crippen LogP contribution in [0.25, 0.3) is 0 Å². The van der Waals surface area contributed by atoms with Crippen molar-refractivity contribution in [3.05, 3.63) is 13.2 Å². The molecule has 35 heavy (non-hydrogen) atoms. The van der Waals surface area contributed by atoms with Gasteiger partial charge in [0.15, 0.2) is 0 Å². The summed E-state index contributed by atoms with van der Waals surface area (Å²) in [7, 11) is 1.45. The van der Waals surface area contributed by atoms with Gasteiger partial charge in [0.25, 0.3) is 0 Å². The van der Waals surface area contributed by atoms with E-state index in [0.29, 0.717) is 38.1 Å². The first-order valence-electron chi connectivity index (χ1n) is 11.8. The van der Waals surface area contributed by atoms with Gasteiger partial charge < -0.3 is 10.0 Å². The Morgan fingerprint density at radius 2 is 1.80 bits per heavy atom. The molecule has 11 heteroatoms. The molecule has 9 nitrogen and oxygen atoms in total. The zero-order chi connectivity index (χ0) is 26.9. The number of carbonyl (C=O) groups is 5. The van der Waals surface area contributed by atoms with Crippen LogP contribution in [0.5, 0.6) is 0 Å². The number of hydrogen-bond acceptors (Lipinski definition) is 6. The third-order valence-corrected chi connectivity index (χ3v) is 8.04. The summed E-state index contributed by atoms with van der Waals surface area (Å²) >= 11 is 1.94. The maximum absolute atomic E-state index is 12.8. The monoisotopic (exact) mass is 701 g/mol. The van der Waals surface area contributed by atoms with Crippen molar-refractivity contribution in [3.63, 3.8) is 0 Å². The Hall–Kier alpha value is -1.44. The van der Waals surface area contributed by atoms with Crippen molar-refractivity contribution in [2.24, 2.45) is 11.8 Å². The first-order valence-corrected chi connectivity index (χ1v) is 15.1. The van der Waals surface area contributed by atoms with Gasteiger partial charge in [0.1, 0.15) is 6.04 Å². The van der Waals surface area contributed by atoms with Crippen LogP contribution in [0.4, 0.5) is 0 Å². The number of carbonyl (C=O) groups excluding carboxylic acids is 4. The number of imide groups is 1. The number of likely N-dealkylation sites (N-methyl/N-ethyl adjacent to an activating group) is 1. The summed E-state index contributed by atoms with van der Waals surface area (Å²) < 4.78 is -0.0937. The molecule has 2 atom stereocenters. The minimum atomic E-state index is -1.07. The fraction of sp³-hybridized carbons (Fsp3) is 0.708. The number of nitrogens with one attached hydrogen (secondary N) is 1. The number of amides is 4. The van der Waals surface area contributed by atoms with Gasteiger partial charge in [0, 0.05) is 19.2 Å². The Balaban J connectivity index is 0.00000298. The zero-order valence-electron chi connectivity index (χ0n) is 21.2. The van der Waals surface area contributed by atoms with Crippen molar-refractivity contribution >= 4 is 67.1 Å². The zero-order valence-corrected chi connectivity index (χ0v) is 26.6. The molecular formula is C24H38N3O6STl. The predicted octanol–water partition coefficient (Wildman–Crippen LogP) is 1.80. The van der Waals surface area contributed by atoms with E-state index >= 15 is 0 Å². The van der Waals surface area contributed by atoms with Crippen LogP contribution >= 0.6 is 11.8 Å². The topological polar surface area (TPSA) is 124 Å². The summed E-state index contributed by atoms with van der Waals surface area (Å²) in [6.07, 6.45) is 3.43. The molecule has 2 fully saturated rings. The van der Waals surface area contributed by atoms with Gasteiger partial charge in [-0.25, -0.2) is 4.79 Å². The Kier molecular flexibility index (Phi) is 12.9. The summed E-state index contributed by atoms with van der Waals surface area (Å²) in [5, 5.41) is 11.6. The third-order valence-electron chi connectivity index (χ3n) is 6.27. The van der Waals surface area contributed by atoms with Gasteiger partial charge in [-0.05, 0) is 6.92 Å². The number of thioether (sulfide) groups is 1. The number of likely N-dealkylation sites (tertiary alicyclic amines) is 1. The van der Waals surface area contributed by atoms with Crippen LogP contribution in [0.3, 0.4) is 0 Å². The summed E-state index contributed by atoms with van der Waals surface area (Å²) in [5.74, 6) is -1.08. The van der Waals surface area contributed by atoms with Crippen molar-refractivity contribution in [2.45, 2.75) is 73.7 Å². The molecule has 1 saturated heterocycles. The van der Waals surface area contributed by atoms with Gasteiger partial charge in [0.2, 0.25) is 5.91 Å². The number of rotatable bonds is 10. The van der Waals surface area contributed by atoms with Crippen molar-refractivity contribution in [1.82, 2.24) is 15.1 Å². The Morgan fingerprint density at radius 3 is 2.31 bits per heavy atom. The van der Waals surface area contributed by atoms with Crippen LogP contribution < -0.4 is 5.32 Å². The molecule has 1 unspecified atom stereocenters. The first kappa shape index (κ1) is 31.6. The fourth-order valence-corrected chi connectivity index (χ4v) is 5.77. The van der Waals surface area contributed by atoms with Gasteiger partial charge >= 0.3 is 159 Å². The van der Waals surface area contributed by atoms with E-state index in [0.717, 1.165) is 25.7 Å². The van der Waals surface area contributed by atoms with E-state index in [1.807, 2.05) is 13.8 Å². The molecule has 0 aromatic heterocycles. The summed E-state index contributed by atoms with van der Waals surface area (Å²) in [6, 6.07) is -0.912. The predicted molar refractivity (Wildman–Crippen MR) is 137 cm³/mol. The van der Waals surface area contributed by atoms with Crippen LogP contribution in [-0.4, -0.2) is 104 Å². The molecular weight excluding hydrogens is 663 g/mol. The van der Waals surface area contributed by atoms with Crippen LogP contribution in [0.2, 0.25) is 0 Å². The number of carboxylic acids is 1. The van der Waals surface area contributed by atoms with E-state index in [1.54, 1.807) is 0 Å². The van der Waals surface area contributed by atoms with E-state index in [2.05, 4.69) is 18.5 Å². The Bertz CT molecular complexity index is 795. The molecule has 4 amide bonds. The van der Waals surface area contributed by atoms with Crippen LogP contribution in [0, 0.1) is 11.8 Å². The molecule has 1 aliphatic carbocycles. The standard InChI is InChI=1S/C22H34N3O6S.C2H4.Tl/c1-13(2)23-20(28)16-7-5-15(6-8-16)12-25-19(27)11-17(21(25)29)32-10-9-18(26)24(4)14(3)22(30)31;1-2;/h14-17H,5-12H2,1-4H3,(H,23,28)(H,30,31);1-2H2;/t14-,15?,16?,17?;;/m0../s1. The normalized spacial score (nSPS) is 23.2. The molecule has 2 rings (SSSR count). The maximum atomic E-state index is 12.8. The Morgan fingerprint density at radius 1 is 1.23 bits per heavy atom. The van der Waals surface area contributed by atoms with E-state index in [-0.39, 0.29) is 51.4 Å². The van der Waals surface area contributed by atoms with Gasteiger partial charge in [-0.3, -0.25) is 4.79 Å². The van der Waals surface area contributed by atoms with Gasteiger partial charge in [0.05, 0.1) is 0 Å². The quantitative estimate of drug-likeness (QED) is 0.203. The van der Waals surface area contributed by atoms with E-state index in [1.165, 1.54) is 35.5 Å². The molecule has 1 heterocycles. The van der Waals surface area contributed by atoms with Gasteiger partial charge in [-0.1, -0.05) is 0 Å². The SMILES string of the molecule is C=C.C[C@@H](C(=O)O)N(C)C(=O)CCSC1CC(=O)N(CC2CCC(C(=O)N[C](C)(C)[Tl])CC2)C1=O. The minimum absolute atomic E-state index is 0.00655. The third kappa shape index (κ3) is 9.85. The van der Waals surface area contributed by atoms with Crippen LogP contribution in [0.15, 0.2) is 13.2 Å². The molecule has 0 aromatic carbocycles. The molecule has 0 radical (unpaired) electrons. The van der Waals surface area contributed by atoms with Crippen LogP contribution in [-0.2, 0) is 24.0 Å². The number of hydrogen-bond donors (Lipinski definition) is 2. The molecule has 2 aliphatic rings. The average molecular weight is 701 g/mol. The van der Waals surface area contributed by atoms with Crippen molar-refractivity contribution in [1.29, 1.82) is 0 Å². The summed E-state index contributed by atoms with van der Waals surface area (Å²) in [4.78, 5) is 63.3. The van der Waals surface area contributed by atoms with Crippen molar-refractivity contribution < 1.29 is 29.1 Å². The Labute approximate surface area is 228 Å². The summed E-state index contributed by atoms with van der Waals surface area (Å²) in [5.41, 5.74) is 0. The average Bonchev–Trinajstić information content (AvgIpc) is 3.06. The number of nitrogens with zero attached hydrogens (tertiary/aromatic N) is 2. The van der Waals surface area contributed by atoms with Crippen molar-refractivity contribution in [2.75, 3.05) is 19.3 Å². The molecule has 0 bridgehead atoms. The molecule has 1 saturated carbocycles. The van der Waals surface area contributed by atoms with Gasteiger partial charge in [-0.15, -0.1) is 13.2 Å². The van der Waals surface area contributed by atoms with E-state index in [9.17, 15) is 24.0 Å². The molecule has 2 N–H and O–H groups in total. The fourth-order valence-electron chi connectivity index (χ4n) is 4.11. The summed E-state index contributed by atoms with van der Waals surface area (Å²) in [6.45, 7) is 11.9. The van der Waals surface area contributed by atoms with E-state index < -0.39 is 17.3 Å². The first-order chi connectivity index (χ1) is 16.3. The second kappa shape index (κ2) is 14.3. The second-order valence-electron chi connectivity index (χ2n) is 9.60. The number of carboxylic acid groups (broad SMARTS) is 1. The molecule has 1 aliphatic heterocycles. The van der Waals surface area contributed by atoms with Gasteiger partial charge in [-0.2, -0.15) is 0 Å². The molecule has 194 valence electrons. The second-order valence-corrected chi connectivity index (χ2v) is 16.5.